The van der Waals surface area contributed by atoms with Gasteiger partial charge in [-0.1, -0.05) is 0 Å². The average molecular weight is 316 g/mol. The molecule has 0 radical (unpaired) electrons. The zero-order valence-corrected chi connectivity index (χ0v) is 12.1. The lowest BCUT2D eigenvalue weighted by atomic mass is 9.96. The lowest BCUT2D eigenvalue weighted by Gasteiger charge is -2.32. The minimum Gasteiger partial charge on any atom is -0.385 e. The molecule has 122 valence electrons. The molecular weight excluding hydrogens is 297 g/mol. The number of hydrogen-bond acceptors (Lipinski definition) is 4. The summed E-state index contributed by atoms with van der Waals surface area (Å²) in [5.74, 6) is -0.279. The Morgan fingerprint density at radius 2 is 2.09 bits per heavy atom. The highest BCUT2D eigenvalue weighted by Crippen LogP contribution is 2.23. The maximum Gasteiger partial charge on any atom is 0.401 e. The number of anilines is 1. The van der Waals surface area contributed by atoms with Gasteiger partial charge in [-0.05, 0) is 44.0 Å². The average Bonchev–Trinajstić information content (AvgIpc) is 2.45. The van der Waals surface area contributed by atoms with Crippen molar-refractivity contribution in [3.05, 3.63) is 24.0 Å². The van der Waals surface area contributed by atoms with Crippen LogP contribution in [0.5, 0.6) is 0 Å². The van der Waals surface area contributed by atoms with Crippen molar-refractivity contribution in [2.75, 3.05) is 31.5 Å². The predicted molar refractivity (Wildman–Crippen MR) is 76.5 cm³/mol. The highest BCUT2D eigenvalue weighted by Gasteiger charge is 2.32. The molecule has 0 aromatic carbocycles. The van der Waals surface area contributed by atoms with Gasteiger partial charge in [0.25, 0.3) is 5.91 Å². The van der Waals surface area contributed by atoms with Crippen LogP contribution in [0.25, 0.3) is 0 Å². The number of nitrogens with zero attached hydrogens (tertiary/aromatic N) is 2. The topological polar surface area (TPSA) is 71.2 Å². The highest BCUT2D eigenvalue weighted by molar-refractivity contribution is 5.91. The lowest BCUT2D eigenvalue weighted by molar-refractivity contribution is -0.148. The Labute approximate surface area is 126 Å². The number of nitrogens with two attached hydrogens (primary N) is 1. The highest BCUT2D eigenvalue weighted by atomic mass is 19.4. The molecule has 1 aliphatic rings. The summed E-state index contributed by atoms with van der Waals surface area (Å²) in [5, 5.41) is 3.18. The van der Waals surface area contributed by atoms with Crippen LogP contribution in [0.4, 0.5) is 18.9 Å². The second-order valence-corrected chi connectivity index (χ2v) is 5.51. The number of rotatable bonds is 5. The fourth-order valence-corrected chi connectivity index (χ4v) is 2.54. The number of alkyl halides is 3. The van der Waals surface area contributed by atoms with E-state index in [4.69, 9.17) is 5.73 Å². The van der Waals surface area contributed by atoms with E-state index in [0.29, 0.717) is 25.6 Å². The molecule has 1 amide bonds. The van der Waals surface area contributed by atoms with Gasteiger partial charge in [0, 0.05) is 18.4 Å². The molecule has 1 saturated heterocycles. The Bertz CT molecular complexity index is 513. The van der Waals surface area contributed by atoms with E-state index in [0.717, 1.165) is 18.5 Å². The second kappa shape index (κ2) is 6.95. The normalized spacial score (nSPS) is 17.4. The zero-order chi connectivity index (χ0) is 16.2. The summed E-state index contributed by atoms with van der Waals surface area (Å²) in [5.41, 5.74) is 6.08. The summed E-state index contributed by atoms with van der Waals surface area (Å²) in [6, 6.07) is 3.30. The van der Waals surface area contributed by atoms with Crippen molar-refractivity contribution in [3.8, 4) is 0 Å². The van der Waals surface area contributed by atoms with Crippen LogP contribution in [-0.2, 0) is 0 Å². The van der Waals surface area contributed by atoms with Gasteiger partial charge in [-0.2, -0.15) is 13.2 Å². The van der Waals surface area contributed by atoms with Crippen LogP contribution < -0.4 is 11.1 Å². The third-order valence-electron chi connectivity index (χ3n) is 3.72. The molecule has 3 N–H and O–H groups in total. The Balaban J connectivity index is 1.77. The lowest BCUT2D eigenvalue weighted by Crippen LogP contribution is -2.41. The van der Waals surface area contributed by atoms with Crippen molar-refractivity contribution < 1.29 is 18.0 Å². The monoisotopic (exact) mass is 316 g/mol. The van der Waals surface area contributed by atoms with E-state index < -0.39 is 18.6 Å². The molecule has 22 heavy (non-hydrogen) atoms. The third kappa shape index (κ3) is 5.18. The van der Waals surface area contributed by atoms with E-state index in [1.807, 2.05) is 0 Å². The van der Waals surface area contributed by atoms with E-state index in [1.165, 1.54) is 11.1 Å². The number of piperidine rings is 1. The van der Waals surface area contributed by atoms with Crippen LogP contribution in [-0.4, -0.2) is 48.1 Å². The van der Waals surface area contributed by atoms with Crippen molar-refractivity contribution in [2.45, 2.75) is 19.0 Å². The molecule has 2 rings (SSSR count). The number of likely N-dealkylation sites (tertiary alicyclic amines) is 1. The van der Waals surface area contributed by atoms with E-state index in [1.54, 1.807) is 12.1 Å². The number of nitrogens with one attached hydrogen (secondary N) is 1. The SMILES string of the molecule is NC(=O)c1cc(NCC2CCN(CC(F)(F)F)CC2)ccn1. The first-order valence-electron chi connectivity index (χ1n) is 7.12. The summed E-state index contributed by atoms with van der Waals surface area (Å²) < 4.78 is 36.9. The fourth-order valence-electron chi connectivity index (χ4n) is 2.54. The fraction of sp³-hybridized carbons (Fsp3) is 0.571. The van der Waals surface area contributed by atoms with E-state index in [-0.39, 0.29) is 5.69 Å². The molecule has 5 nitrogen and oxygen atoms in total. The van der Waals surface area contributed by atoms with Gasteiger partial charge in [-0.3, -0.25) is 14.7 Å². The first kappa shape index (κ1) is 16.5. The van der Waals surface area contributed by atoms with E-state index in [9.17, 15) is 18.0 Å². The Morgan fingerprint density at radius 1 is 1.41 bits per heavy atom. The zero-order valence-electron chi connectivity index (χ0n) is 12.1. The molecule has 1 aliphatic heterocycles. The molecule has 0 unspecified atom stereocenters. The summed E-state index contributed by atoms with van der Waals surface area (Å²) in [4.78, 5) is 16.3. The number of primary amides is 1. The smallest absolute Gasteiger partial charge is 0.385 e. The summed E-state index contributed by atoms with van der Waals surface area (Å²) >= 11 is 0. The van der Waals surface area contributed by atoms with Crippen LogP contribution in [0.15, 0.2) is 18.3 Å². The molecule has 8 heteroatoms. The van der Waals surface area contributed by atoms with E-state index in [2.05, 4.69) is 10.3 Å². The number of pyridine rings is 1. The van der Waals surface area contributed by atoms with Crippen LogP contribution >= 0.6 is 0 Å². The predicted octanol–water partition coefficient (Wildman–Crippen LogP) is 1.87. The molecule has 0 atom stereocenters. The van der Waals surface area contributed by atoms with Crippen LogP contribution in [0.2, 0.25) is 0 Å². The second-order valence-electron chi connectivity index (χ2n) is 5.51. The summed E-state index contributed by atoms with van der Waals surface area (Å²) in [7, 11) is 0. The van der Waals surface area contributed by atoms with Gasteiger partial charge >= 0.3 is 6.18 Å². The number of carbonyl (C=O) groups is 1. The van der Waals surface area contributed by atoms with E-state index >= 15 is 0 Å². The van der Waals surface area contributed by atoms with Crippen LogP contribution in [0.3, 0.4) is 0 Å². The van der Waals surface area contributed by atoms with Gasteiger partial charge in [0.1, 0.15) is 5.69 Å². The van der Waals surface area contributed by atoms with Crippen LogP contribution in [0, 0.1) is 5.92 Å². The van der Waals surface area contributed by atoms with Crippen LogP contribution in [0.1, 0.15) is 23.3 Å². The van der Waals surface area contributed by atoms with Gasteiger partial charge in [0.05, 0.1) is 6.54 Å². The van der Waals surface area contributed by atoms with Crippen molar-refractivity contribution in [1.82, 2.24) is 9.88 Å². The quantitative estimate of drug-likeness (QED) is 0.870. The number of carbonyl (C=O) groups excluding carboxylic acids is 1. The van der Waals surface area contributed by atoms with Crippen molar-refractivity contribution in [2.24, 2.45) is 11.7 Å². The third-order valence-corrected chi connectivity index (χ3v) is 3.72. The largest absolute Gasteiger partial charge is 0.401 e. The first-order valence-corrected chi connectivity index (χ1v) is 7.12. The molecule has 1 fully saturated rings. The molecular formula is C14H19F3N4O. The maximum absolute atomic E-state index is 12.3. The molecule has 0 bridgehead atoms. The number of amides is 1. The first-order chi connectivity index (χ1) is 10.3. The van der Waals surface area contributed by atoms with Gasteiger partial charge in [-0.25, -0.2) is 0 Å². The summed E-state index contributed by atoms with van der Waals surface area (Å²) in [6.45, 7) is 0.727. The minimum atomic E-state index is -4.13. The van der Waals surface area contributed by atoms with Crippen molar-refractivity contribution in [3.63, 3.8) is 0 Å². The van der Waals surface area contributed by atoms with Crippen molar-refractivity contribution >= 4 is 11.6 Å². The Hall–Kier alpha value is -1.83. The van der Waals surface area contributed by atoms with Gasteiger partial charge in [0.2, 0.25) is 0 Å². The Morgan fingerprint density at radius 3 is 2.68 bits per heavy atom. The molecule has 0 aliphatic carbocycles. The molecule has 1 aromatic rings. The standard InChI is InChI=1S/C14H19F3N4O/c15-14(16,17)9-21-5-2-10(3-6-21)8-20-11-1-4-19-12(7-11)13(18)22/h1,4,7,10H,2-3,5-6,8-9H2,(H2,18,22)(H,19,20). The number of hydrogen-bond donors (Lipinski definition) is 2. The molecule has 0 saturated carbocycles. The molecule has 1 aromatic heterocycles. The number of halogens is 3. The summed E-state index contributed by atoms with van der Waals surface area (Å²) in [6.07, 6.45) is -1.20. The Kier molecular flexibility index (Phi) is 5.23. The number of aromatic nitrogens is 1. The van der Waals surface area contributed by atoms with Gasteiger partial charge in [0.15, 0.2) is 0 Å². The maximum atomic E-state index is 12.3. The van der Waals surface area contributed by atoms with Crippen molar-refractivity contribution in [1.29, 1.82) is 0 Å². The molecule has 0 spiro atoms. The molecule has 2 heterocycles. The van der Waals surface area contributed by atoms with Gasteiger partial charge < -0.3 is 11.1 Å². The van der Waals surface area contributed by atoms with Gasteiger partial charge in [-0.15, -0.1) is 0 Å². The minimum absolute atomic E-state index is 0.185.